The number of carboxylic acid groups (broad SMARTS) is 2. The topological polar surface area (TPSA) is 249 Å². The molecule has 0 spiro atoms. The van der Waals surface area contributed by atoms with Gasteiger partial charge in [-0.05, 0) is 24.6 Å². The molecule has 0 aliphatic carbocycles. The smallest absolute Gasteiger partial charge is 0.326 e. The van der Waals surface area contributed by atoms with E-state index in [1.54, 1.807) is 0 Å². The lowest BCUT2D eigenvalue weighted by atomic mass is 10.0. The van der Waals surface area contributed by atoms with E-state index in [4.69, 9.17) is 10.8 Å². The van der Waals surface area contributed by atoms with Crippen LogP contribution in [0.1, 0.15) is 18.9 Å². The molecule has 14 heteroatoms. The summed E-state index contributed by atoms with van der Waals surface area (Å²) in [5, 5.41) is 52.8. The second-order valence-electron chi connectivity index (χ2n) is 7.44. The number of nitrogens with one attached hydrogen (secondary N) is 3. The van der Waals surface area contributed by atoms with Gasteiger partial charge in [0.1, 0.15) is 29.9 Å². The molecule has 0 aliphatic rings. The Morgan fingerprint density at radius 3 is 1.85 bits per heavy atom. The lowest BCUT2D eigenvalue weighted by Crippen LogP contribution is -2.59. The fourth-order valence-corrected chi connectivity index (χ4v) is 2.68. The monoisotopic (exact) mass is 484 g/mol. The number of benzene rings is 1. The van der Waals surface area contributed by atoms with Gasteiger partial charge in [-0.2, -0.15) is 0 Å². The number of carbonyl (C=O) groups excluding carboxylic acids is 3. The predicted molar refractivity (Wildman–Crippen MR) is 114 cm³/mol. The van der Waals surface area contributed by atoms with E-state index < -0.39 is 73.0 Å². The van der Waals surface area contributed by atoms with Crippen LogP contribution in [0.15, 0.2) is 24.3 Å². The molecule has 1 aromatic carbocycles. The van der Waals surface area contributed by atoms with Gasteiger partial charge in [0.15, 0.2) is 0 Å². The minimum absolute atomic E-state index is 0.0707. The lowest BCUT2D eigenvalue weighted by molar-refractivity contribution is -0.147. The molecule has 188 valence electrons. The molecule has 10 N–H and O–H groups in total. The largest absolute Gasteiger partial charge is 0.508 e. The van der Waals surface area contributed by atoms with Gasteiger partial charge < -0.3 is 47.2 Å². The van der Waals surface area contributed by atoms with Crippen LogP contribution in [0.4, 0.5) is 0 Å². The Labute approximate surface area is 193 Å². The van der Waals surface area contributed by atoms with Gasteiger partial charge in [-0.15, -0.1) is 0 Å². The van der Waals surface area contributed by atoms with E-state index in [9.17, 15) is 44.4 Å². The highest BCUT2D eigenvalue weighted by Crippen LogP contribution is 2.12. The second-order valence-corrected chi connectivity index (χ2v) is 7.44. The SMILES string of the molecule is CC(O)C(N)C(=O)NC(CO)C(=O)NC(Cc1ccc(O)cc1)C(=O)NC(CC(=O)O)C(=O)O. The third-order valence-corrected chi connectivity index (χ3v) is 4.64. The van der Waals surface area contributed by atoms with Crippen LogP contribution < -0.4 is 21.7 Å². The minimum Gasteiger partial charge on any atom is -0.508 e. The summed E-state index contributed by atoms with van der Waals surface area (Å²) in [6.07, 6.45) is -2.39. The first-order valence-corrected chi connectivity index (χ1v) is 10.0. The Morgan fingerprint density at radius 1 is 0.882 bits per heavy atom. The van der Waals surface area contributed by atoms with Crippen molar-refractivity contribution >= 4 is 29.7 Å². The average molecular weight is 484 g/mol. The summed E-state index contributed by atoms with van der Waals surface area (Å²) in [5.41, 5.74) is 5.92. The molecule has 34 heavy (non-hydrogen) atoms. The van der Waals surface area contributed by atoms with Crippen LogP contribution in [-0.4, -0.2) is 92.1 Å². The third-order valence-electron chi connectivity index (χ3n) is 4.64. The van der Waals surface area contributed by atoms with Crippen LogP contribution in [0.5, 0.6) is 5.75 Å². The number of nitrogens with two attached hydrogens (primary N) is 1. The highest BCUT2D eigenvalue weighted by molar-refractivity contribution is 5.94. The number of phenols is 1. The molecule has 14 nitrogen and oxygen atoms in total. The van der Waals surface area contributed by atoms with Gasteiger partial charge in [0.2, 0.25) is 17.7 Å². The maximum atomic E-state index is 12.7. The number of hydrogen-bond acceptors (Lipinski definition) is 9. The van der Waals surface area contributed by atoms with Crippen LogP contribution >= 0.6 is 0 Å². The van der Waals surface area contributed by atoms with Crippen molar-refractivity contribution in [1.29, 1.82) is 0 Å². The number of hydrogen-bond donors (Lipinski definition) is 9. The first-order valence-electron chi connectivity index (χ1n) is 10.0. The zero-order valence-corrected chi connectivity index (χ0v) is 18.2. The maximum Gasteiger partial charge on any atom is 0.326 e. The standard InChI is InChI=1S/C20H28N4O10/c1-9(26)16(21)19(32)24-14(8-25)18(31)22-12(6-10-2-4-11(27)5-3-10)17(30)23-13(20(33)34)7-15(28)29/h2-5,9,12-14,16,25-27H,6-8,21H2,1H3,(H,22,31)(H,23,30)(H,24,32)(H,28,29)(H,33,34). The second kappa shape index (κ2) is 13.1. The molecule has 0 radical (unpaired) electrons. The highest BCUT2D eigenvalue weighted by Gasteiger charge is 2.31. The van der Waals surface area contributed by atoms with Crippen molar-refractivity contribution in [3.63, 3.8) is 0 Å². The predicted octanol–water partition coefficient (Wildman–Crippen LogP) is -3.35. The van der Waals surface area contributed by atoms with E-state index in [1.807, 2.05) is 5.32 Å². The Bertz CT molecular complexity index is 890. The minimum atomic E-state index is -1.79. The molecule has 0 saturated carbocycles. The number of amides is 3. The van der Waals surface area contributed by atoms with Crippen molar-refractivity contribution in [2.75, 3.05) is 6.61 Å². The van der Waals surface area contributed by atoms with Crippen molar-refractivity contribution in [3.8, 4) is 5.75 Å². The third kappa shape index (κ3) is 9.01. The molecule has 0 saturated heterocycles. The molecular formula is C20H28N4O10. The van der Waals surface area contributed by atoms with Gasteiger partial charge >= 0.3 is 11.9 Å². The van der Waals surface area contributed by atoms with Crippen LogP contribution in [-0.2, 0) is 30.4 Å². The fraction of sp³-hybridized carbons (Fsp3) is 0.450. The van der Waals surface area contributed by atoms with E-state index in [2.05, 4.69) is 10.6 Å². The normalized spacial score (nSPS) is 15.2. The van der Waals surface area contributed by atoms with Gasteiger partial charge in [0, 0.05) is 6.42 Å². The quantitative estimate of drug-likeness (QED) is 0.134. The molecular weight excluding hydrogens is 456 g/mol. The van der Waals surface area contributed by atoms with Crippen molar-refractivity contribution in [2.45, 2.75) is 50.0 Å². The van der Waals surface area contributed by atoms with Gasteiger partial charge in [-0.25, -0.2) is 4.79 Å². The maximum absolute atomic E-state index is 12.7. The number of aliphatic hydroxyl groups excluding tert-OH is 2. The Hall–Kier alpha value is -3.75. The molecule has 1 rings (SSSR count). The summed E-state index contributed by atoms with van der Waals surface area (Å²) < 4.78 is 0. The van der Waals surface area contributed by atoms with E-state index in [0.717, 1.165) is 0 Å². The van der Waals surface area contributed by atoms with Crippen LogP contribution in [0, 0.1) is 0 Å². The van der Waals surface area contributed by atoms with Crippen molar-refractivity contribution < 1.29 is 49.5 Å². The molecule has 0 aromatic heterocycles. The number of aliphatic carboxylic acids is 2. The summed E-state index contributed by atoms with van der Waals surface area (Å²) in [7, 11) is 0. The summed E-state index contributed by atoms with van der Waals surface area (Å²) in [6.45, 7) is 0.348. The van der Waals surface area contributed by atoms with E-state index >= 15 is 0 Å². The summed E-state index contributed by atoms with van der Waals surface area (Å²) >= 11 is 0. The number of phenolic OH excluding ortho intramolecular Hbond substituents is 1. The summed E-state index contributed by atoms with van der Waals surface area (Å²) in [4.78, 5) is 59.6. The van der Waals surface area contributed by atoms with Crippen LogP contribution in [0.25, 0.3) is 0 Å². The Morgan fingerprint density at radius 2 is 1.38 bits per heavy atom. The summed E-state index contributed by atoms with van der Waals surface area (Å²) in [6, 6.07) is -0.727. The summed E-state index contributed by atoms with van der Waals surface area (Å²) in [5.74, 6) is -6.19. The fourth-order valence-electron chi connectivity index (χ4n) is 2.68. The van der Waals surface area contributed by atoms with E-state index in [-0.39, 0.29) is 12.2 Å². The average Bonchev–Trinajstić information content (AvgIpc) is 2.76. The molecule has 0 aliphatic heterocycles. The van der Waals surface area contributed by atoms with Gasteiger partial charge in [0.05, 0.1) is 19.1 Å². The van der Waals surface area contributed by atoms with Crippen molar-refractivity contribution in [3.05, 3.63) is 29.8 Å². The van der Waals surface area contributed by atoms with Gasteiger partial charge in [0.25, 0.3) is 0 Å². The van der Waals surface area contributed by atoms with E-state index in [0.29, 0.717) is 5.56 Å². The van der Waals surface area contributed by atoms with Crippen LogP contribution in [0.2, 0.25) is 0 Å². The first-order chi connectivity index (χ1) is 15.8. The zero-order valence-electron chi connectivity index (χ0n) is 18.2. The lowest BCUT2D eigenvalue weighted by Gasteiger charge is -2.24. The number of carbonyl (C=O) groups is 5. The zero-order chi connectivity index (χ0) is 26.0. The number of aromatic hydroxyl groups is 1. The number of carboxylic acids is 2. The van der Waals surface area contributed by atoms with Crippen LogP contribution in [0.3, 0.4) is 0 Å². The first kappa shape index (κ1) is 28.3. The van der Waals surface area contributed by atoms with Gasteiger partial charge in [-0.1, -0.05) is 12.1 Å². The number of aliphatic hydroxyl groups is 2. The molecule has 0 fully saturated rings. The molecule has 0 heterocycles. The Balaban J connectivity index is 3.08. The van der Waals surface area contributed by atoms with E-state index in [1.165, 1.54) is 31.2 Å². The molecule has 3 amide bonds. The van der Waals surface area contributed by atoms with Gasteiger partial charge in [-0.3, -0.25) is 19.2 Å². The van der Waals surface area contributed by atoms with Crippen molar-refractivity contribution in [1.82, 2.24) is 16.0 Å². The molecule has 5 unspecified atom stereocenters. The Kier molecular flexibility index (Phi) is 10.9. The molecule has 1 aromatic rings. The molecule has 5 atom stereocenters. The highest BCUT2D eigenvalue weighted by atomic mass is 16.4. The van der Waals surface area contributed by atoms with Crippen molar-refractivity contribution in [2.24, 2.45) is 5.73 Å². The molecule has 0 bridgehead atoms. The number of rotatable bonds is 13.